The lowest BCUT2D eigenvalue weighted by Gasteiger charge is -2.04. The number of nitriles is 1. The lowest BCUT2D eigenvalue weighted by atomic mass is 10.1. The fraction of sp³-hybridized carbons (Fsp3) is 0.200. The molecule has 4 nitrogen and oxygen atoms in total. The summed E-state index contributed by atoms with van der Waals surface area (Å²) in [5.74, 6) is 0.286. The molecule has 0 aromatic heterocycles. The Hall–Kier alpha value is -2.11. The fourth-order valence-corrected chi connectivity index (χ4v) is 1.24. The van der Waals surface area contributed by atoms with Gasteiger partial charge in [-0.25, -0.2) is 4.79 Å². The van der Waals surface area contributed by atoms with Gasteiger partial charge >= 0.3 is 0 Å². The molecule has 0 aliphatic heterocycles. The molecule has 14 heavy (non-hydrogen) atoms. The number of hydrogen-bond donors (Lipinski definition) is 0. The van der Waals surface area contributed by atoms with Crippen molar-refractivity contribution in [3.05, 3.63) is 23.3 Å². The molecule has 0 spiro atoms. The van der Waals surface area contributed by atoms with Crippen molar-refractivity contribution in [2.24, 2.45) is 4.99 Å². The highest BCUT2D eigenvalue weighted by Crippen LogP contribution is 2.32. The maximum Gasteiger partial charge on any atom is 0.292 e. The standard InChI is InChI=1S/C10H8N2O2/c1-7-3-8(2)10(12-6-13)9(4-7)14-5-11/h3-4H,1-2H3. The number of carbonyl (C=O) groups excluding carboxylic acids is 1. The van der Waals surface area contributed by atoms with Crippen LogP contribution < -0.4 is 4.74 Å². The van der Waals surface area contributed by atoms with E-state index in [9.17, 15) is 4.79 Å². The van der Waals surface area contributed by atoms with Crippen molar-refractivity contribution in [3.8, 4) is 12.0 Å². The molecule has 0 saturated carbocycles. The SMILES string of the molecule is Cc1cc(C)c(N=C=O)c(OC#N)c1. The fourth-order valence-electron chi connectivity index (χ4n) is 1.24. The predicted octanol–water partition coefficient (Wildman–Crippen LogP) is 2.13. The van der Waals surface area contributed by atoms with E-state index in [0.717, 1.165) is 11.1 Å². The van der Waals surface area contributed by atoms with Gasteiger partial charge in [-0.05, 0) is 31.0 Å². The molecule has 0 amide bonds. The third kappa shape index (κ3) is 1.98. The molecule has 0 fully saturated rings. The van der Waals surface area contributed by atoms with Gasteiger partial charge in [0.05, 0.1) is 0 Å². The van der Waals surface area contributed by atoms with Gasteiger partial charge in [0.1, 0.15) is 5.69 Å². The Morgan fingerprint density at radius 2 is 2.14 bits per heavy atom. The van der Waals surface area contributed by atoms with Gasteiger partial charge in [-0.2, -0.15) is 4.99 Å². The van der Waals surface area contributed by atoms with E-state index in [1.165, 1.54) is 6.08 Å². The number of rotatable bonds is 2. The average molecular weight is 188 g/mol. The second-order valence-corrected chi connectivity index (χ2v) is 2.83. The second-order valence-electron chi connectivity index (χ2n) is 2.83. The van der Waals surface area contributed by atoms with E-state index in [0.29, 0.717) is 5.69 Å². The van der Waals surface area contributed by atoms with Crippen LogP contribution in [0.5, 0.6) is 5.75 Å². The van der Waals surface area contributed by atoms with Gasteiger partial charge in [0, 0.05) is 0 Å². The van der Waals surface area contributed by atoms with E-state index in [4.69, 9.17) is 5.26 Å². The zero-order valence-corrected chi connectivity index (χ0v) is 7.87. The third-order valence-electron chi connectivity index (χ3n) is 1.72. The lowest BCUT2D eigenvalue weighted by molar-refractivity contribution is 0.507. The molecule has 0 aliphatic rings. The van der Waals surface area contributed by atoms with Crippen LogP contribution in [0.25, 0.3) is 0 Å². The highest BCUT2D eigenvalue weighted by atomic mass is 16.5. The van der Waals surface area contributed by atoms with Crippen LogP contribution in [0, 0.1) is 25.4 Å². The molecule has 0 saturated heterocycles. The van der Waals surface area contributed by atoms with E-state index in [1.807, 2.05) is 13.0 Å². The minimum absolute atomic E-state index is 0.286. The minimum Gasteiger partial charge on any atom is -0.386 e. The van der Waals surface area contributed by atoms with Crippen LogP contribution in [0.4, 0.5) is 5.69 Å². The molecular formula is C10H8N2O2. The van der Waals surface area contributed by atoms with E-state index in [2.05, 4.69) is 9.73 Å². The first kappa shape index (κ1) is 9.97. The summed E-state index contributed by atoms with van der Waals surface area (Å²) < 4.78 is 4.68. The van der Waals surface area contributed by atoms with Crippen molar-refractivity contribution in [1.82, 2.24) is 0 Å². The van der Waals surface area contributed by atoms with Crippen LogP contribution >= 0.6 is 0 Å². The third-order valence-corrected chi connectivity index (χ3v) is 1.72. The molecule has 70 valence electrons. The predicted molar refractivity (Wildman–Crippen MR) is 49.9 cm³/mol. The molecular weight excluding hydrogens is 180 g/mol. The van der Waals surface area contributed by atoms with Crippen LogP contribution in [-0.2, 0) is 4.79 Å². The Balaban J connectivity index is 3.37. The zero-order chi connectivity index (χ0) is 10.6. The summed E-state index contributed by atoms with van der Waals surface area (Å²) in [4.78, 5) is 13.6. The van der Waals surface area contributed by atoms with Crippen LogP contribution in [0.3, 0.4) is 0 Å². The van der Waals surface area contributed by atoms with Crippen molar-refractivity contribution in [3.63, 3.8) is 0 Å². The van der Waals surface area contributed by atoms with E-state index in [1.54, 1.807) is 19.2 Å². The highest BCUT2D eigenvalue weighted by Gasteiger charge is 2.07. The smallest absolute Gasteiger partial charge is 0.292 e. The molecule has 1 aromatic carbocycles. The molecule has 1 rings (SSSR count). The maximum absolute atomic E-state index is 10.1. The highest BCUT2D eigenvalue weighted by molar-refractivity contribution is 5.63. The summed E-state index contributed by atoms with van der Waals surface area (Å²) in [6.45, 7) is 3.65. The van der Waals surface area contributed by atoms with E-state index >= 15 is 0 Å². The Morgan fingerprint density at radius 3 is 2.71 bits per heavy atom. The summed E-state index contributed by atoms with van der Waals surface area (Å²) in [5, 5.41) is 8.38. The summed E-state index contributed by atoms with van der Waals surface area (Å²) in [5.41, 5.74) is 2.07. The molecule has 0 radical (unpaired) electrons. The van der Waals surface area contributed by atoms with Gasteiger partial charge in [-0.15, -0.1) is 5.26 Å². The minimum atomic E-state index is 0.286. The Morgan fingerprint density at radius 1 is 1.43 bits per heavy atom. The van der Waals surface area contributed by atoms with Crippen LogP contribution in [0.2, 0.25) is 0 Å². The van der Waals surface area contributed by atoms with Crippen molar-refractivity contribution in [2.45, 2.75) is 13.8 Å². The average Bonchev–Trinajstić information content (AvgIpc) is 2.11. The molecule has 4 heteroatoms. The molecule has 1 aromatic rings. The van der Waals surface area contributed by atoms with Gasteiger partial charge in [0.25, 0.3) is 6.26 Å². The first-order valence-corrected chi connectivity index (χ1v) is 3.94. The lowest BCUT2D eigenvalue weighted by Crippen LogP contribution is -1.87. The number of aliphatic imine (C=N–C) groups is 1. The number of ether oxygens (including phenoxy) is 1. The van der Waals surface area contributed by atoms with Gasteiger partial charge < -0.3 is 4.74 Å². The number of hydrogen-bond acceptors (Lipinski definition) is 4. The Labute approximate surface area is 81.5 Å². The van der Waals surface area contributed by atoms with Crippen molar-refractivity contribution >= 4 is 11.8 Å². The summed E-state index contributed by atoms with van der Waals surface area (Å²) in [6, 6.07) is 3.49. The molecule has 0 bridgehead atoms. The first-order chi connectivity index (χ1) is 6.69. The molecule has 0 unspecified atom stereocenters. The number of nitrogens with zero attached hydrogens (tertiary/aromatic N) is 2. The molecule has 0 aliphatic carbocycles. The van der Waals surface area contributed by atoms with Gasteiger partial charge in [0.2, 0.25) is 6.08 Å². The Bertz CT molecular complexity index is 440. The topological polar surface area (TPSA) is 62.4 Å². The number of isocyanates is 1. The normalized spacial score (nSPS) is 8.64. The van der Waals surface area contributed by atoms with E-state index in [-0.39, 0.29) is 5.75 Å². The quantitative estimate of drug-likeness (QED) is 0.405. The van der Waals surface area contributed by atoms with Crippen molar-refractivity contribution in [1.29, 1.82) is 5.26 Å². The van der Waals surface area contributed by atoms with Crippen LogP contribution in [0.1, 0.15) is 11.1 Å². The van der Waals surface area contributed by atoms with Crippen molar-refractivity contribution in [2.75, 3.05) is 0 Å². The molecule has 0 atom stereocenters. The van der Waals surface area contributed by atoms with Gasteiger partial charge in [0.15, 0.2) is 5.75 Å². The van der Waals surface area contributed by atoms with E-state index < -0.39 is 0 Å². The number of aryl methyl sites for hydroxylation is 2. The van der Waals surface area contributed by atoms with Gasteiger partial charge in [-0.1, -0.05) is 6.07 Å². The van der Waals surface area contributed by atoms with Crippen molar-refractivity contribution < 1.29 is 9.53 Å². The second kappa shape index (κ2) is 4.22. The first-order valence-electron chi connectivity index (χ1n) is 3.94. The number of benzene rings is 1. The summed E-state index contributed by atoms with van der Waals surface area (Å²) >= 11 is 0. The van der Waals surface area contributed by atoms with Crippen LogP contribution in [0.15, 0.2) is 17.1 Å². The Kier molecular flexibility index (Phi) is 3.01. The van der Waals surface area contributed by atoms with Crippen LogP contribution in [-0.4, -0.2) is 6.08 Å². The largest absolute Gasteiger partial charge is 0.386 e. The molecule has 0 heterocycles. The zero-order valence-electron chi connectivity index (χ0n) is 7.87. The maximum atomic E-state index is 10.1. The summed E-state index contributed by atoms with van der Waals surface area (Å²) in [7, 11) is 0. The molecule has 0 N–H and O–H groups in total. The summed E-state index contributed by atoms with van der Waals surface area (Å²) in [6.07, 6.45) is 2.98. The monoisotopic (exact) mass is 188 g/mol. The van der Waals surface area contributed by atoms with Gasteiger partial charge in [-0.3, -0.25) is 0 Å².